The number of carbonyl (C=O) groups is 3. The summed E-state index contributed by atoms with van der Waals surface area (Å²) in [5, 5.41) is 0. The van der Waals surface area contributed by atoms with Crippen molar-refractivity contribution in [1.29, 1.82) is 0 Å². The molecule has 0 aromatic heterocycles. The van der Waals surface area contributed by atoms with E-state index in [9.17, 15) is 14.4 Å². The van der Waals surface area contributed by atoms with Gasteiger partial charge in [0.25, 0.3) is 0 Å². The van der Waals surface area contributed by atoms with Crippen molar-refractivity contribution in [2.24, 2.45) is 5.41 Å². The first-order chi connectivity index (χ1) is 11.8. The van der Waals surface area contributed by atoms with Gasteiger partial charge in [0.15, 0.2) is 23.1 Å². The monoisotopic (exact) mass is 350 g/mol. The highest BCUT2D eigenvalue weighted by molar-refractivity contribution is 6.01. The number of ketones is 3. The van der Waals surface area contributed by atoms with Crippen molar-refractivity contribution in [3.8, 4) is 0 Å². The minimum Gasteiger partial charge on any atom is -0.482 e. The van der Waals surface area contributed by atoms with Gasteiger partial charge in [-0.05, 0) is 38.7 Å². The summed E-state index contributed by atoms with van der Waals surface area (Å²) in [4.78, 5) is 36.4. The zero-order valence-corrected chi connectivity index (χ0v) is 15.0. The minimum absolute atomic E-state index is 0.0564. The maximum absolute atomic E-state index is 12.2. The van der Waals surface area contributed by atoms with Crippen LogP contribution in [0.2, 0.25) is 0 Å². The van der Waals surface area contributed by atoms with Gasteiger partial charge < -0.3 is 14.2 Å². The molecule has 25 heavy (non-hydrogen) atoms. The van der Waals surface area contributed by atoms with E-state index >= 15 is 0 Å². The molecular formula is C19H26O6. The summed E-state index contributed by atoms with van der Waals surface area (Å²) in [6.07, 6.45) is 3.54. The van der Waals surface area contributed by atoms with Crippen molar-refractivity contribution >= 4 is 17.3 Å². The van der Waals surface area contributed by atoms with Gasteiger partial charge in [0.05, 0.1) is 18.6 Å². The summed E-state index contributed by atoms with van der Waals surface area (Å²) in [6.45, 7) is 4.82. The van der Waals surface area contributed by atoms with Crippen LogP contribution < -0.4 is 0 Å². The first kappa shape index (κ1) is 18.3. The molecule has 1 heterocycles. The molecule has 3 aliphatic rings. The third kappa shape index (κ3) is 3.70. The Balaban J connectivity index is 1.52. The lowest BCUT2D eigenvalue weighted by atomic mass is 9.74. The molecule has 0 spiro atoms. The third-order valence-corrected chi connectivity index (χ3v) is 5.63. The summed E-state index contributed by atoms with van der Waals surface area (Å²) in [6, 6.07) is 0. The second-order valence-electron chi connectivity index (χ2n) is 7.50. The first-order valence-electron chi connectivity index (χ1n) is 9.07. The second kappa shape index (κ2) is 7.00. The molecule has 0 amide bonds. The fourth-order valence-corrected chi connectivity index (χ4v) is 3.96. The number of ether oxygens (including phenoxy) is 3. The molecule has 0 N–H and O–H groups in total. The Labute approximate surface area is 147 Å². The minimum atomic E-state index is -0.586. The fourth-order valence-electron chi connectivity index (χ4n) is 3.96. The lowest BCUT2D eigenvalue weighted by Crippen LogP contribution is -2.32. The molecule has 3 rings (SSSR count). The summed E-state index contributed by atoms with van der Waals surface area (Å²) in [7, 11) is 0. The van der Waals surface area contributed by atoms with E-state index < -0.39 is 11.2 Å². The molecule has 0 bridgehead atoms. The summed E-state index contributed by atoms with van der Waals surface area (Å²) in [5.74, 6) is -0.291. The Bertz CT molecular complexity index is 613. The first-order valence-corrected chi connectivity index (χ1v) is 9.07. The molecule has 1 unspecified atom stereocenters. The molecule has 0 radical (unpaired) electrons. The quantitative estimate of drug-likeness (QED) is 0.702. The molecule has 138 valence electrons. The highest BCUT2D eigenvalue weighted by Crippen LogP contribution is 2.48. The number of carbonyl (C=O) groups excluding carboxylic acids is 3. The van der Waals surface area contributed by atoms with Crippen molar-refractivity contribution in [1.82, 2.24) is 0 Å². The topological polar surface area (TPSA) is 78.9 Å². The van der Waals surface area contributed by atoms with Crippen LogP contribution in [0.1, 0.15) is 58.8 Å². The average molecular weight is 350 g/mol. The summed E-state index contributed by atoms with van der Waals surface area (Å²) >= 11 is 0. The maximum Gasteiger partial charge on any atom is 0.197 e. The van der Waals surface area contributed by atoms with E-state index in [1.165, 1.54) is 0 Å². The van der Waals surface area contributed by atoms with Crippen molar-refractivity contribution in [3.05, 3.63) is 11.3 Å². The standard InChI is InChI=1S/C19H26O6/c1-18-9-7-15(21)17(14(18)5-6-16(18)22)23-12-13(20)4-3-8-19(2)24-10-11-25-19/h3-12H2,1-2H3. The highest BCUT2D eigenvalue weighted by Gasteiger charge is 2.47. The van der Waals surface area contributed by atoms with Gasteiger partial charge in [0.1, 0.15) is 12.4 Å². The van der Waals surface area contributed by atoms with Gasteiger partial charge >= 0.3 is 0 Å². The SMILES string of the molecule is CC1(CCCC(=O)COC2=C3CCC(=O)C3(C)CCC2=O)OCCO1. The van der Waals surface area contributed by atoms with Gasteiger partial charge in [0, 0.05) is 25.7 Å². The molecule has 2 aliphatic carbocycles. The number of hydrogen-bond acceptors (Lipinski definition) is 6. The van der Waals surface area contributed by atoms with E-state index in [0.29, 0.717) is 58.2 Å². The van der Waals surface area contributed by atoms with Crippen LogP contribution in [-0.2, 0) is 28.6 Å². The number of fused-ring (bicyclic) bond motifs is 1. The largest absolute Gasteiger partial charge is 0.482 e. The van der Waals surface area contributed by atoms with Gasteiger partial charge in [-0.2, -0.15) is 0 Å². The van der Waals surface area contributed by atoms with E-state index in [2.05, 4.69) is 0 Å². The zero-order chi connectivity index (χ0) is 18.1. The maximum atomic E-state index is 12.2. The van der Waals surface area contributed by atoms with Crippen molar-refractivity contribution in [3.63, 3.8) is 0 Å². The number of rotatable bonds is 7. The number of allylic oxidation sites excluding steroid dienone is 2. The molecule has 2 fully saturated rings. The predicted octanol–water partition coefficient (Wildman–Crippen LogP) is 2.49. The summed E-state index contributed by atoms with van der Waals surface area (Å²) in [5.41, 5.74) is 0.222. The molecule has 6 nitrogen and oxygen atoms in total. The van der Waals surface area contributed by atoms with Gasteiger partial charge in [-0.1, -0.05) is 0 Å². The van der Waals surface area contributed by atoms with Crippen molar-refractivity contribution in [2.75, 3.05) is 19.8 Å². The van der Waals surface area contributed by atoms with E-state index in [1.807, 2.05) is 13.8 Å². The molecule has 1 saturated carbocycles. The van der Waals surface area contributed by atoms with Crippen LogP contribution in [-0.4, -0.2) is 43.0 Å². The zero-order valence-electron chi connectivity index (χ0n) is 15.0. The fraction of sp³-hybridized carbons (Fsp3) is 0.737. The van der Waals surface area contributed by atoms with Gasteiger partial charge in [-0.25, -0.2) is 0 Å². The Hall–Kier alpha value is -1.53. The van der Waals surface area contributed by atoms with E-state index in [0.717, 1.165) is 5.57 Å². The summed E-state index contributed by atoms with van der Waals surface area (Å²) < 4.78 is 16.6. The highest BCUT2D eigenvalue weighted by atomic mass is 16.7. The second-order valence-corrected chi connectivity index (χ2v) is 7.50. The number of Topliss-reactive ketones (excluding diaryl/α,β-unsaturated/α-hetero) is 3. The molecule has 6 heteroatoms. The van der Waals surface area contributed by atoms with Gasteiger partial charge in [0.2, 0.25) is 0 Å². The molecular weight excluding hydrogens is 324 g/mol. The molecule has 0 aromatic rings. The van der Waals surface area contributed by atoms with Crippen LogP contribution in [0.15, 0.2) is 11.3 Å². The van der Waals surface area contributed by atoms with Crippen molar-refractivity contribution in [2.45, 2.75) is 64.6 Å². The predicted molar refractivity (Wildman–Crippen MR) is 88.7 cm³/mol. The van der Waals surface area contributed by atoms with Crippen LogP contribution in [0, 0.1) is 5.41 Å². The molecule has 1 saturated heterocycles. The Morgan fingerprint density at radius 2 is 1.84 bits per heavy atom. The van der Waals surface area contributed by atoms with Crippen LogP contribution in [0.4, 0.5) is 0 Å². The molecule has 0 aromatic carbocycles. The Morgan fingerprint density at radius 3 is 2.56 bits per heavy atom. The number of hydrogen-bond donors (Lipinski definition) is 0. The molecule has 1 aliphatic heterocycles. The Morgan fingerprint density at radius 1 is 1.12 bits per heavy atom. The van der Waals surface area contributed by atoms with Crippen LogP contribution in [0.25, 0.3) is 0 Å². The lowest BCUT2D eigenvalue weighted by Gasteiger charge is -2.30. The van der Waals surface area contributed by atoms with E-state index in [-0.39, 0.29) is 29.7 Å². The van der Waals surface area contributed by atoms with E-state index in [4.69, 9.17) is 14.2 Å². The van der Waals surface area contributed by atoms with Gasteiger partial charge in [-0.3, -0.25) is 14.4 Å². The van der Waals surface area contributed by atoms with Gasteiger partial charge in [-0.15, -0.1) is 0 Å². The van der Waals surface area contributed by atoms with E-state index in [1.54, 1.807) is 0 Å². The van der Waals surface area contributed by atoms with Crippen LogP contribution >= 0.6 is 0 Å². The smallest absolute Gasteiger partial charge is 0.197 e. The van der Waals surface area contributed by atoms with Crippen LogP contribution in [0.3, 0.4) is 0 Å². The normalized spacial score (nSPS) is 28.4. The Kier molecular flexibility index (Phi) is 5.11. The average Bonchev–Trinajstić information content (AvgIpc) is 3.12. The third-order valence-electron chi connectivity index (χ3n) is 5.63. The lowest BCUT2D eigenvalue weighted by molar-refractivity contribution is -0.148. The van der Waals surface area contributed by atoms with Crippen LogP contribution in [0.5, 0.6) is 0 Å². The molecule has 1 atom stereocenters. The van der Waals surface area contributed by atoms with Crippen molar-refractivity contribution < 1.29 is 28.6 Å².